The molecular weight excluding hydrogens is 358 g/mol. The summed E-state index contributed by atoms with van der Waals surface area (Å²) >= 11 is 0. The molecule has 0 atom stereocenters. The van der Waals surface area contributed by atoms with Crippen molar-refractivity contribution in [2.45, 2.75) is 52.9 Å². The van der Waals surface area contributed by atoms with Gasteiger partial charge in [0.2, 0.25) is 5.91 Å². The molecule has 0 spiro atoms. The van der Waals surface area contributed by atoms with Crippen LogP contribution in [0.5, 0.6) is 0 Å². The van der Waals surface area contributed by atoms with Gasteiger partial charge in [-0.2, -0.15) is 0 Å². The molecule has 154 valence electrons. The predicted octanol–water partition coefficient (Wildman–Crippen LogP) is 2.67. The molecule has 7 nitrogen and oxygen atoms in total. The van der Waals surface area contributed by atoms with E-state index in [-0.39, 0.29) is 11.8 Å². The summed E-state index contributed by atoms with van der Waals surface area (Å²) in [4.78, 5) is 44.3. The summed E-state index contributed by atoms with van der Waals surface area (Å²) in [5.41, 5.74) is 2.26. The van der Waals surface area contributed by atoms with Crippen molar-refractivity contribution in [2.24, 2.45) is 5.92 Å². The van der Waals surface area contributed by atoms with Crippen LogP contribution in [-0.4, -0.2) is 65.4 Å². The molecule has 2 fully saturated rings. The molecule has 28 heavy (non-hydrogen) atoms. The van der Waals surface area contributed by atoms with Gasteiger partial charge in [-0.15, -0.1) is 0 Å². The lowest BCUT2D eigenvalue weighted by molar-refractivity contribution is -0.131. The monoisotopic (exact) mass is 389 g/mol. The molecule has 3 heterocycles. The van der Waals surface area contributed by atoms with Crippen molar-refractivity contribution < 1.29 is 19.1 Å². The summed E-state index contributed by atoms with van der Waals surface area (Å²) in [6.45, 7) is 8.73. The first kappa shape index (κ1) is 20.4. The third kappa shape index (κ3) is 4.23. The average molecular weight is 389 g/mol. The maximum Gasteiger partial charge on any atom is 0.355 e. The number of carbonyl (C=O) groups excluding carboxylic acids is 3. The van der Waals surface area contributed by atoms with Gasteiger partial charge in [-0.1, -0.05) is 0 Å². The van der Waals surface area contributed by atoms with Gasteiger partial charge in [0.25, 0.3) is 5.91 Å². The molecule has 0 aliphatic carbocycles. The molecule has 3 rings (SSSR count). The number of nitrogens with zero attached hydrogens (tertiary/aromatic N) is 2. The maximum atomic E-state index is 13.1. The number of amides is 2. The molecule has 2 aliphatic rings. The number of piperidine rings is 1. The Balaban J connectivity index is 1.59. The number of hydrogen-bond donors (Lipinski definition) is 1. The molecule has 0 bridgehead atoms. The number of carbonyl (C=O) groups is 3. The van der Waals surface area contributed by atoms with Gasteiger partial charge in [-0.25, -0.2) is 4.79 Å². The first-order valence-corrected chi connectivity index (χ1v) is 10.4. The van der Waals surface area contributed by atoms with Crippen molar-refractivity contribution >= 4 is 17.8 Å². The first-order valence-electron chi connectivity index (χ1n) is 10.4. The van der Waals surface area contributed by atoms with Gasteiger partial charge in [0, 0.05) is 38.3 Å². The highest BCUT2D eigenvalue weighted by molar-refractivity contribution is 6.01. The van der Waals surface area contributed by atoms with Crippen molar-refractivity contribution in [3.8, 4) is 0 Å². The molecule has 0 aromatic carbocycles. The Labute approximate surface area is 166 Å². The highest BCUT2D eigenvalue weighted by atomic mass is 16.5. The first-order chi connectivity index (χ1) is 13.4. The van der Waals surface area contributed by atoms with Crippen molar-refractivity contribution in [1.82, 2.24) is 14.8 Å². The molecule has 1 N–H and O–H groups in total. The zero-order valence-electron chi connectivity index (χ0n) is 17.2. The van der Waals surface area contributed by atoms with E-state index in [1.807, 2.05) is 16.7 Å². The molecule has 0 saturated carbocycles. The van der Waals surface area contributed by atoms with E-state index >= 15 is 0 Å². The highest BCUT2D eigenvalue weighted by Crippen LogP contribution is 2.26. The van der Waals surface area contributed by atoms with E-state index in [0.717, 1.165) is 38.8 Å². The molecule has 0 radical (unpaired) electrons. The number of esters is 1. The van der Waals surface area contributed by atoms with E-state index in [1.54, 1.807) is 13.8 Å². The van der Waals surface area contributed by atoms with Crippen LogP contribution in [0.2, 0.25) is 0 Å². The van der Waals surface area contributed by atoms with E-state index in [4.69, 9.17) is 4.74 Å². The third-order valence-corrected chi connectivity index (χ3v) is 5.95. The Bertz CT molecular complexity index is 741. The van der Waals surface area contributed by atoms with Crippen LogP contribution in [0.3, 0.4) is 0 Å². The van der Waals surface area contributed by atoms with E-state index in [0.29, 0.717) is 54.5 Å². The number of aryl methyl sites for hydroxylation is 1. The van der Waals surface area contributed by atoms with Crippen LogP contribution in [-0.2, 0) is 9.53 Å². The van der Waals surface area contributed by atoms with Crippen molar-refractivity contribution in [1.29, 1.82) is 0 Å². The van der Waals surface area contributed by atoms with Gasteiger partial charge >= 0.3 is 5.97 Å². The Hall–Kier alpha value is -2.31. The van der Waals surface area contributed by atoms with Gasteiger partial charge < -0.3 is 19.5 Å². The molecule has 0 unspecified atom stereocenters. The van der Waals surface area contributed by atoms with Crippen LogP contribution < -0.4 is 0 Å². The van der Waals surface area contributed by atoms with E-state index < -0.39 is 5.97 Å². The molecule has 2 saturated heterocycles. The average Bonchev–Trinajstić information content (AvgIpc) is 3.30. The number of likely N-dealkylation sites (tertiary alicyclic amines) is 2. The largest absolute Gasteiger partial charge is 0.461 e. The van der Waals surface area contributed by atoms with Crippen molar-refractivity contribution in [2.75, 3.05) is 32.8 Å². The second-order valence-corrected chi connectivity index (χ2v) is 7.87. The van der Waals surface area contributed by atoms with Crippen LogP contribution in [0, 0.1) is 19.8 Å². The van der Waals surface area contributed by atoms with Crippen LogP contribution >= 0.6 is 0 Å². The SMILES string of the molecule is CCOC(=O)c1[nH]c(C)c(C(=O)N2CCC(CC(=O)N3CCCC3)CC2)c1C. The summed E-state index contributed by atoms with van der Waals surface area (Å²) in [5.74, 6) is 0.131. The van der Waals surface area contributed by atoms with Gasteiger partial charge in [0.15, 0.2) is 0 Å². The Morgan fingerprint density at radius 3 is 2.29 bits per heavy atom. The molecular formula is C21H31N3O4. The molecule has 1 aromatic rings. The van der Waals surface area contributed by atoms with Crippen LogP contribution in [0.15, 0.2) is 0 Å². The fourth-order valence-corrected chi connectivity index (χ4v) is 4.32. The molecule has 7 heteroatoms. The summed E-state index contributed by atoms with van der Waals surface area (Å²) < 4.78 is 5.06. The highest BCUT2D eigenvalue weighted by Gasteiger charge is 2.30. The third-order valence-electron chi connectivity index (χ3n) is 5.95. The number of hydrogen-bond acceptors (Lipinski definition) is 4. The minimum absolute atomic E-state index is 0.0499. The number of aromatic amines is 1. The van der Waals surface area contributed by atoms with Gasteiger partial charge in [-0.3, -0.25) is 9.59 Å². The topological polar surface area (TPSA) is 82.7 Å². The number of ether oxygens (including phenoxy) is 1. The number of aromatic nitrogens is 1. The predicted molar refractivity (Wildman–Crippen MR) is 105 cm³/mol. The summed E-state index contributed by atoms with van der Waals surface area (Å²) in [6.07, 6.45) is 4.51. The van der Waals surface area contributed by atoms with Gasteiger partial charge in [0.05, 0.1) is 12.2 Å². The van der Waals surface area contributed by atoms with Crippen LogP contribution in [0.25, 0.3) is 0 Å². The van der Waals surface area contributed by atoms with Crippen LogP contribution in [0.4, 0.5) is 0 Å². The summed E-state index contributed by atoms with van der Waals surface area (Å²) in [6, 6.07) is 0. The van der Waals surface area contributed by atoms with Crippen LogP contribution in [0.1, 0.15) is 71.1 Å². The summed E-state index contributed by atoms with van der Waals surface area (Å²) in [5, 5.41) is 0. The number of nitrogens with one attached hydrogen (secondary N) is 1. The lowest BCUT2D eigenvalue weighted by Crippen LogP contribution is -2.40. The van der Waals surface area contributed by atoms with Gasteiger partial charge in [-0.05, 0) is 57.9 Å². The number of H-pyrrole nitrogens is 1. The molecule has 1 aromatic heterocycles. The Morgan fingerprint density at radius 1 is 1.04 bits per heavy atom. The zero-order valence-corrected chi connectivity index (χ0v) is 17.2. The van der Waals surface area contributed by atoms with Crippen molar-refractivity contribution in [3.05, 3.63) is 22.5 Å². The van der Waals surface area contributed by atoms with E-state index in [9.17, 15) is 14.4 Å². The lowest BCUT2D eigenvalue weighted by Gasteiger charge is -2.32. The van der Waals surface area contributed by atoms with Gasteiger partial charge in [0.1, 0.15) is 5.69 Å². The molecule has 2 amide bonds. The quantitative estimate of drug-likeness (QED) is 0.785. The fourth-order valence-electron chi connectivity index (χ4n) is 4.32. The summed E-state index contributed by atoms with van der Waals surface area (Å²) in [7, 11) is 0. The Kier molecular flexibility index (Phi) is 6.42. The Morgan fingerprint density at radius 2 is 1.68 bits per heavy atom. The fraction of sp³-hybridized carbons (Fsp3) is 0.667. The second kappa shape index (κ2) is 8.80. The molecule has 2 aliphatic heterocycles. The second-order valence-electron chi connectivity index (χ2n) is 7.87. The van der Waals surface area contributed by atoms with E-state index in [2.05, 4.69) is 4.98 Å². The maximum absolute atomic E-state index is 13.1. The normalized spacial score (nSPS) is 17.8. The number of rotatable bonds is 5. The van der Waals surface area contributed by atoms with Crippen molar-refractivity contribution in [3.63, 3.8) is 0 Å². The minimum Gasteiger partial charge on any atom is -0.461 e. The standard InChI is InChI=1S/C21H31N3O4/c1-4-28-21(27)19-14(2)18(15(3)22-19)20(26)24-11-7-16(8-12-24)13-17(25)23-9-5-6-10-23/h16,22H,4-13H2,1-3H3. The smallest absolute Gasteiger partial charge is 0.355 e. The lowest BCUT2D eigenvalue weighted by atomic mass is 9.92. The zero-order chi connectivity index (χ0) is 20.3. The van der Waals surface area contributed by atoms with E-state index in [1.165, 1.54) is 0 Å². The minimum atomic E-state index is -0.429.